The molecular formula is C13H18N4O. The Morgan fingerprint density at radius 2 is 2.22 bits per heavy atom. The van der Waals surface area contributed by atoms with Gasteiger partial charge in [0.1, 0.15) is 12.3 Å². The van der Waals surface area contributed by atoms with E-state index >= 15 is 0 Å². The molecule has 1 N–H and O–H groups in total. The van der Waals surface area contributed by atoms with E-state index in [1.54, 1.807) is 6.20 Å². The molecule has 0 atom stereocenters. The predicted molar refractivity (Wildman–Crippen MR) is 67.4 cm³/mol. The van der Waals surface area contributed by atoms with Crippen molar-refractivity contribution in [1.82, 2.24) is 19.9 Å². The topological polar surface area (TPSA) is 55.9 Å². The minimum atomic E-state index is 0.602. The monoisotopic (exact) mass is 246 g/mol. The molecule has 1 aliphatic rings. The van der Waals surface area contributed by atoms with Crippen molar-refractivity contribution in [2.45, 2.75) is 32.2 Å². The van der Waals surface area contributed by atoms with Gasteiger partial charge in [-0.25, -0.2) is 9.97 Å². The number of aryl methyl sites for hydroxylation is 1. The highest BCUT2D eigenvalue weighted by molar-refractivity contribution is 5.09. The minimum absolute atomic E-state index is 0.602. The van der Waals surface area contributed by atoms with Crippen LogP contribution < -0.4 is 5.32 Å². The fourth-order valence-corrected chi connectivity index (χ4v) is 2.54. The lowest BCUT2D eigenvalue weighted by Gasteiger charge is -2.23. The van der Waals surface area contributed by atoms with E-state index in [-0.39, 0.29) is 0 Å². The summed E-state index contributed by atoms with van der Waals surface area (Å²) in [5.41, 5.74) is 1.30. The first-order chi connectivity index (χ1) is 8.83. The Bertz CT molecular complexity index is 511. The summed E-state index contributed by atoms with van der Waals surface area (Å²) in [6, 6.07) is 0. The van der Waals surface area contributed by atoms with Crippen LogP contribution in [-0.4, -0.2) is 27.6 Å². The molecule has 0 aliphatic carbocycles. The van der Waals surface area contributed by atoms with Crippen LogP contribution in [0.5, 0.6) is 0 Å². The maximum atomic E-state index is 5.53. The maximum Gasteiger partial charge on any atom is 0.214 e. The van der Waals surface area contributed by atoms with Crippen LogP contribution in [0.25, 0.3) is 0 Å². The molecule has 0 radical (unpaired) electrons. The number of imidazole rings is 1. The molecule has 0 spiro atoms. The summed E-state index contributed by atoms with van der Waals surface area (Å²) >= 11 is 0. The molecule has 96 valence electrons. The van der Waals surface area contributed by atoms with E-state index in [2.05, 4.69) is 19.9 Å². The average molecular weight is 246 g/mol. The van der Waals surface area contributed by atoms with Crippen molar-refractivity contribution in [3.8, 4) is 0 Å². The van der Waals surface area contributed by atoms with E-state index in [4.69, 9.17) is 4.42 Å². The van der Waals surface area contributed by atoms with E-state index in [1.807, 2.05) is 19.4 Å². The van der Waals surface area contributed by atoms with E-state index in [0.29, 0.717) is 12.5 Å². The number of hydrogen-bond donors (Lipinski definition) is 1. The zero-order valence-corrected chi connectivity index (χ0v) is 10.6. The van der Waals surface area contributed by atoms with Crippen LogP contribution in [0.15, 0.2) is 23.1 Å². The molecule has 0 aromatic carbocycles. The van der Waals surface area contributed by atoms with Crippen molar-refractivity contribution in [3.05, 3.63) is 36.1 Å². The van der Waals surface area contributed by atoms with Crippen molar-refractivity contribution >= 4 is 0 Å². The summed E-state index contributed by atoms with van der Waals surface area (Å²) in [4.78, 5) is 8.52. The molecule has 1 saturated heterocycles. The van der Waals surface area contributed by atoms with Gasteiger partial charge >= 0.3 is 0 Å². The summed E-state index contributed by atoms with van der Waals surface area (Å²) < 4.78 is 7.68. The van der Waals surface area contributed by atoms with Crippen LogP contribution in [0.3, 0.4) is 0 Å². The molecule has 0 amide bonds. The third kappa shape index (κ3) is 2.31. The first kappa shape index (κ1) is 11.5. The number of oxazole rings is 1. The van der Waals surface area contributed by atoms with Crippen molar-refractivity contribution in [2.24, 2.45) is 0 Å². The molecular weight excluding hydrogens is 228 g/mol. The van der Waals surface area contributed by atoms with Gasteiger partial charge in [0.05, 0.1) is 12.5 Å². The SMILES string of the molecule is Cc1cnc(Cn2cncc2C2CCNCC2)o1. The largest absolute Gasteiger partial charge is 0.444 e. The average Bonchev–Trinajstić information content (AvgIpc) is 3.00. The molecule has 1 aliphatic heterocycles. The molecule has 1 fully saturated rings. The Morgan fingerprint density at radius 3 is 2.94 bits per heavy atom. The van der Waals surface area contributed by atoms with Gasteiger partial charge in [-0.2, -0.15) is 0 Å². The van der Waals surface area contributed by atoms with Crippen LogP contribution in [0, 0.1) is 6.92 Å². The smallest absolute Gasteiger partial charge is 0.214 e. The van der Waals surface area contributed by atoms with Gasteiger partial charge in [-0.05, 0) is 32.9 Å². The van der Waals surface area contributed by atoms with E-state index in [0.717, 1.165) is 24.7 Å². The number of piperidine rings is 1. The van der Waals surface area contributed by atoms with E-state index in [9.17, 15) is 0 Å². The molecule has 5 heteroatoms. The fraction of sp³-hybridized carbons (Fsp3) is 0.538. The zero-order valence-electron chi connectivity index (χ0n) is 10.6. The summed E-state index contributed by atoms with van der Waals surface area (Å²) in [5, 5.41) is 3.39. The van der Waals surface area contributed by atoms with Crippen molar-refractivity contribution in [3.63, 3.8) is 0 Å². The summed E-state index contributed by atoms with van der Waals surface area (Å²) in [7, 11) is 0. The lowest BCUT2D eigenvalue weighted by atomic mass is 9.95. The highest BCUT2D eigenvalue weighted by Crippen LogP contribution is 2.25. The Morgan fingerprint density at radius 1 is 1.39 bits per heavy atom. The van der Waals surface area contributed by atoms with Crippen LogP contribution in [0.4, 0.5) is 0 Å². The van der Waals surface area contributed by atoms with Gasteiger partial charge in [-0.3, -0.25) is 0 Å². The van der Waals surface area contributed by atoms with Gasteiger partial charge in [-0.15, -0.1) is 0 Å². The normalized spacial score (nSPS) is 17.2. The summed E-state index contributed by atoms with van der Waals surface area (Å²) in [6.45, 7) is 4.77. The molecule has 0 unspecified atom stereocenters. The summed E-state index contributed by atoms with van der Waals surface area (Å²) in [5.74, 6) is 2.21. The molecule has 0 bridgehead atoms. The highest BCUT2D eigenvalue weighted by atomic mass is 16.4. The van der Waals surface area contributed by atoms with Gasteiger partial charge in [0.15, 0.2) is 0 Å². The second kappa shape index (κ2) is 4.94. The van der Waals surface area contributed by atoms with Crippen LogP contribution in [0.2, 0.25) is 0 Å². The molecule has 18 heavy (non-hydrogen) atoms. The second-order valence-electron chi connectivity index (χ2n) is 4.84. The molecule has 3 heterocycles. The van der Waals surface area contributed by atoms with Crippen molar-refractivity contribution in [2.75, 3.05) is 13.1 Å². The number of hydrogen-bond acceptors (Lipinski definition) is 4. The predicted octanol–water partition coefficient (Wildman–Crippen LogP) is 1.69. The third-order valence-corrected chi connectivity index (χ3v) is 3.48. The van der Waals surface area contributed by atoms with Gasteiger partial charge in [-0.1, -0.05) is 0 Å². The number of aromatic nitrogens is 3. The standard InChI is InChI=1S/C13H18N4O/c1-10-6-16-13(18-10)8-17-9-15-7-12(17)11-2-4-14-5-3-11/h6-7,9,11,14H,2-5,8H2,1H3. The molecule has 5 nitrogen and oxygen atoms in total. The number of nitrogens with one attached hydrogen (secondary N) is 1. The first-order valence-electron chi connectivity index (χ1n) is 6.45. The molecule has 2 aromatic rings. The second-order valence-corrected chi connectivity index (χ2v) is 4.84. The lowest BCUT2D eigenvalue weighted by molar-refractivity contribution is 0.423. The van der Waals surface area contributed by atoms with Crippen LogP contribution >= 0.6 is 0 Å². The fourth-order valence-electron chi connectivity index (χ4n) is 2.54. The Kier molecular flexibility index (Phi) is 3.15. The van der Waals surface area contributed by atoms with Crippen LogP contribution in [0.1, 0.15) is 36.1 Å². The molecule has 2 aromatic heterocycles. The number of rotatable bonds is 3. The Balaban J connectivity index is 1.78. The summed E-state index contributed by atoms with van der Waals surface area (Å²) in [6.07, 6.45) is 7.96. The molecule has 0 saturated carbocycles. The number of nitrogens with zero attached hydrogens (tertiary/aromatic N) is 3. The van der Waals surface area contributed by atoms with Crippen molar-refractivity contribution < 1.29 is 4.42 Å². The zero-order chi connectivity index (χ0) is 12.4. The maximum absolute atomic E-state index is 5.53. The van der Waals surface area contributed by atoms with Crippen LogP contribution in [-0.2, 0) is 6.54 Å². The van der Waals surface area contributed by atoms with Crippen molar-refractivity contribution in [1.29, 1.82) is 0 Å². The highest BCUT2D eigenvalue weighted by Gasteiger charge is 2.19. The lowest BCUT2D eigenvalue weighted by Crippen LogP contribution is -2.27. The van der Waals surface area contributed by atoms with Gasteiger partial charge in [0.25, 0.3) is 0 Å². The van der Waals surface area contributed by atoms with Gasteiger partial charge in [0, 0.05) is 17.8 Å². The Labute approximate surface area is 106 Å². The first-order valence-corrected chi connectivity index (χ1v) is 6.45. The van der Waals surface area contributed by atoms with E-state index in [1.165, 1.54) is 18.5 Å². The van der Waals surface area contributed by atoms with E-state index < -0.39 is 0 Å². The molecule has 3 rings (SSSR count). The van der Waals surface area contributed by atoms with Gasteiger partial charge in [0.2, 0.25) is 5.89 Å². The van der Waals surface area contributed by atoms with Gasteiger partial charge < -0.3 is 14.3 Å². The minimum Gasteiger partial charge on any atom is -0.444 e. The third-order valence-electron chi connectivity index (χ3n) is 3.48. The quantitative estimate of drug-likeness (QED) is 0.895. The Hall–Kier alpha value is -1.62.